The third-order valence-electron chi connectivity index (χ3n) is 2.35. The fourth-order valence-corrected chi connectivity index (χ4v) is 2.46. The van der Waals surface area contributed by atoms with Gasteiger partial charge in [0.15, 0.2) is 0 Å². The average molecular weight is 213 g/mol. The Morgan fingerprint density at radius 3 is 2.79 bits per heavy atom. The molecule has 1 heterocycles. The van der Waals surface area contributed by atoms with Crippen molar-refractivity contribution in [3.8, 4) is 6.07 Å². The Kier molecular flexibility index (Phi) is 6.85. The highest BCUT2D eigenvalue weighted by molar-refractivity contribution is 7.99. The first kappa shape index (κ1) is 11.8. The van der Waals surface area contributed by atoms with Crippen LogP contribution < -0.4 is 5.32 Å². The molecule has 0 atom stereocenters. The van der Waals surface area contributed by atoms with Crippen molar-refractivity contribution in [3.05, 3.63) is 0 Å². The number of thioether (sulfide) groups is 1. The predicted octanol–water partition coefficient (Wildman–Crippen LogP) is 0.929. The van der Waals surface area contributed by atoms with E-state index in [2.05, 4.69) is 28.0 Å². The van der Waals surface area contributed by atoms with Gasteiger partial charge in [0.05, 0.1) is 6.07 Å². The standard InChI is InChI=1S/C10H19N3S/c11-3-1-2-4-12-5-6-13-7-9-14-10-8-13/h12H,1-2,4-10H2. The molecule has 80 valence electrons. The number of nitrogens with zero attached hydrogens (tertiary/aromatic N) is 2. The van der Waals surface area contributed by atoms with Gasteiger partial charge in [-0.2, -0.15) is 17.0 Å². The van der Waals surface area contributed by atoms with Crippen molar-refractivity contribution in [1.29, 1.82) is 5.26 Å². The van der Waals surface area contributed by atoms with Crippen LogP contribution in [-0.2, 0) is 0 Å². The Balaban J connectivity index is 1.85. The van der Waals surface area contributed by atoms with E-state index in [9.17, 15) is 0 Å². The second-order valence-corrected chi connectivity index (χ2v) is 4.69. The number of unbranched alkanes of at least 4 members (excludes halogenated alkanes) is 1. The van der Waals surface area contributed by atoms with Crippen LogP contribution in [0.4, 0.5) is 0 Å². The molecule has 1 aliphatic rings. The molecule has 0 aliphatic carbocycles. The Morgan fingerprint density at radius 1 is 1.29 bits per heavy atom. The highest BCUT2D eigenvalue weighted by Crippen LogP contribution is 2.07. The molecule has 1 N–H and O–H groups in total. The molecule has 0 saturated carbocycles. The number of hydrogen-bond donors (Lipinski definition) is 1. The minimum atomic E-state index is 0.674. The lowest BCUT2D eigenvalue weighted by atomic mass is 10.3. The Labute approximate surface area is 90.8 Å². The van der Waals surface area contributed by atoms with Crippen molar-refractivity contribution in [1.82, 2.24) is 10.2 Å². The summed E-state index contributed by atoms with van der Waals surface area (Å²) in [5.74, 6) is 2.57. The molecule has 1 fully saturated rings. The number of nitriles is 1. The first-order chi connectivity index (χ1) is 6.93. The van der Waals surface area contributed by atoms with Crippen LogP contribution in [0.2, 0.25) is 0 Å². The Bertz CT molecular complexity index is 173. The number of hydrogen-bond acceptors (Lipinski definition) is 4. The molecule has 0 aromatic carbocycles. The van der Waals surface area contributed by atoms with Gasteiger partial charge in [0, 0.05) is 44.1 Å². The first-order valence-corrected chi connectivity index (χ1v) is 6.47. The van der Waals surface area contributed by atoms with Crippen LogP contribution in [0.5, 0.6) is 0 Å². The molecule has 1 aliphatic heterocycles. The van der Waals surface area contributed by atoms with Gasteiger partial charge in [0.2, 0.25) is 0 Å². The van der Waals surface area contributed by atoms with Gasteiger partial charge >= 0.3 is 0 Å². The van der Waals surface area contributed by atoms with E-state index in [0.717, 1.165) is 26.1 Å². The fraction of sp³-hybridized carbons (Fsp3) is 0.900. The van der Waals surface area contributed by atoms with Gasteiger partial charge in [-0.25, -0.2) is 0 Å². The van der Waals surface area contributed by atoms with E-state index in [0.29, 0.717) is 6.42 Å². The summed E-state index contributed by atoms with van der Waals surface area (Å²) in [7, 11) is 0. The largest absolute Gasteiger partial charge is 0.315 e. The molecule has 0 radical (unpaired) electrons. The van der Waals surface area contributed by atoms with Crippen LogP contribution in [0, 0.1) is 11.3 Å². The summed E-state index contributed by atoms with van der Waals surface area (Å²) in [5.41, 5.74) is 0. The Morgan fingerprint density at radius 2 is 2.07 bits per heavy atom. The van der Waals surface area contributed by atoms with E-state index >= 15 is 0 Å². The summed E-state index contributed by atoms with van der Waals surface area (Å²) in [6.07, 6.45) is 1.65. The van der Waals surface area contributed by atoms with E-state index in [1.54, 1.807) is 0 Å². The van der Waals surface area contributed by atoms with Crippen molar-refractivity contribution >= 4 is 11.8 Å². The third-order valence-corrected chi connectivity index (χ3v) is 3.29. The second-order valence-electron chi connectivity index (χ2n) is 3.47. The van der Waals surface area contributed by atoms with Crippen LogP contribution >= 0.6 is 11.8 Å². The van der Waals surface area contributed by atoms with Crippen LogP contribution in [0.1, 0.15) is 12.8 Å². The summed E-state index contributed by atoms with van der Waals surface area (Å²) in [4.78, 5) is 2.51. The van der Waals surface area contributed by atoms with Crippen molar-refractivity contribution in [2.75, 3.05) is 44.2 Å². The zero-order chi connectivity index (χ0) is 10.1. The maximum Gasteiger partial charge on any atom is 0.0622 e. The molecule has 0 unspecified atom stereocenters. The molecule has 0 spiro atoms. The van der Waals surface area contributed by atoms with Crippen LogP contribution in [0.3, 0.4) is 0 Å². The smallest absolute Gasteiger partial charge is 0.0622 e. The molecule has 0 bridgehead atoms. The molecule has 4 heteroatoms. The number of rotatable bonds is 6. The zero-order valence-corrected chi connectivity index (χ0v) is 9.48. The molecular weight excluding hydrogens is 194 g/mol. The maximum absolute atomic E-state index is 8.34. The molecule has 0 aromatic rings. The van der Waals surface area contributed by atoms with Crippen molar-refractivity contribution < 1.29 is 0 Å². The minimum Gasteiger partial charge on any atom is -0.315 e. The SMILES string of the molecule is N#CCCCNCCN1CCSCC1. The topological polar surface area (TPSA) is 39.1 Å². The van der Waals surface area contributed by atoms with Crippen LogP contribution in [0.25, 0.3) is 0 Å². The molecule has 0 aromatic heterocycles. The minimum absolute atomic E-state index is 0.674. The van der Waals surface area contributed by atoms with E-state index in [1.807, 2.05) is 0 Å². The normalized spacial score (nSPS) is 17.9. The van der Waals surface area contributed by atoms with Crippen molar-refractivity contribution in [2.45, 2.75) is 12.8 Å². The van der Waals surface area contributed by atoms with Crippen LogP contribution in [0.15, 0.2) is 0 Å². The van der Waals surface area contributed by atoms with Gasteiger partial charge in [-0.05, 0) is 13.0 Å². The van der Waals surface area contributed by atoms with E-state index in [1.165, 1.54) is 24.6 Å². The monoisotopic (exact) mass is 213 g/mol. The quantitative estimate of drug-likeness (QED) is 0.666. The lowest BCUT2D eigenvalue weighted by molar-refractivity contribution is 0.301. The summed E-state index contributed by atoms with van der Waals surface area (Å²) in [6, 6.07) is 2.15. The molecule has 14 heavy (non-hydrogen) atoms. The third kappa shape index (κ3) is 5.48. The average Bonchev–Trinajstić information content (AvgIpc) is 2.25. The second kappa shape index (κ2) is 8.10. The van der Waals surface area contributed by atoms with Gasteiger partial charge in [0.1, 0.15) is 0 Å². The molecule has 3 nitrogen and oxygen atoms in total. The lowest BCUT2D eigenvalue weighted by Crippen LogP contribution is -2.37. The summed E-state index contributed by atoms with van der Waals surface area (Å²) in [6.45, 7) is 5.69. The maximum atomic E-state index is 8.34. The molecule has 1 rings (SSSR count). The number of nitrogens with one attached hydrogen (secondary N) is 1. The highest BCUT2D eigenvalue weighted by atomic mass is 32.2. The molecular formula is C10H19N3S. The zero-order valence-electron chi connectivity index (χ0n) is 8.67. The van der Waals surface area contributed by atoms with E-state index < -0.39 is 0 Å². The van der Waals surface area contributed by atoms with Crippen LogP contribution in [-0.4, -0.2) is 49.1 Å². The summed E-state index contributed by atoms with van der Waals surface area (Å²) in [5, 5.41) is 11.7. The van der Waals surface area contributed by atoms with E-state index in [4.69, 9.17) is 5.26 Å². The molecule has 1 saturated heterocycles. The van der Waals surface area contributed by atoms with Gasteiger partial charge < -0.3 is 10.2 Å². The first-order valence-electron chi connectivity index (χ1n) is 5.31. The summed E-state index contributed by atoms with van der Waals surface area (Å²) < 4.78 is 0. The lowest BCUT2D eigenvalue weighted by Gasteiger charge is -2.26. The Hall–Kier alpha value is -0.240. The summed E-state index contributed by atoms with van der Waals surface area (Å²) >= 11 is 2.05. The highest BCUT2D eigenvalue weighted by Gasteiger charge is 2.08. The van der Waals surface area contributed by atoms with Gasteiger partial charge in [0.25, 0.3) is 0 Å². The van der Waals surface area contributed by atoms with Gasteiger partial charge in [-0.1, -0.05) is 0 Å². The predicted molar refractivity (Wildman–Crippen MR) is 61.5 cm³/mol. The van der Waals surface area contributed by atoms with Gasteiger partial charge in [-0.15, -0.1) is 0 Å². The van der Waals surface area contributed by atoms with E-state index in [-0.39, 0.29) is 0 Å². The molecule has 0 amide bonds. The van der Waals surface area contributed by atoms with Gasteiger partial charge in [-0.3, -0.25) is 0 Å². The van der Waals surface area contributed by atoms with Crippen molar-refractivity contribution in [3.63, 3.8) is 0 Å². The van der Waals surface area contributed by atoms with Crippen molar-refractivity contribution in [2.24, 2.45) is 0 Å². The fourth-order valence-electron chi connectivity index (χ4n) is 1.48.